The Morgan fingerprint density at radius 1 is 0.958 bits per heavy atom. The third-order valence-corrected chi connectivity index (χ3v) is 4.83. The van der Waals surface area contributed by atoms with Crippen molar-refractivity contribution in [3.8, 4) is 0 Å². The first-order valence-corrected chi connectivity index (χ1v) is 8.77. The number of sulfone groups is 1. The van der Waals surface area contributed by atoms with E-state index in [0.717, 1.165) is 5.56 Å². The van der Waals surface area contributed by atoms with E-state index in [4.69, 9.17) is 4.74 Å². The fraction of sp³-hybridized carbons (Fsp3) is 0.176. The zero-order chi connectivity index (χ0) is 17.6. The lowest BCUT2D eigenvalue weighted by atomic mass is 10.2. The lowest BCUT2D eigenvalue weighted by molar-refractivity contribution is -0.301. The van der Waals surface area contributed by atoms with Crippen LogP contribution in [0.25, 0.3) is 0 Å². The molecule has 0 aliphatic rings. The summed E-state index contributed by atoms with van der Waals surface area (Å²) in [7, 11) is -3.97. The Morgan fingerprint density at radius 3 is 2.17 bits per heavy atom. The van der Waals surface area contributed by atoms with Crippen LogP contribution in [0.2, 0.25) is 0 Å². The minimum atomic E-state index is -3.97. The number of carboxylic acids is 1. The van der Waals surface area contributed by atoms with Crippen LogP contribution in [-0.4, -0.2) is 32.7 Å². The molecule has 2 aromatic rings. The van der Waals surface area contributed by atoms with Crippen molar-refractivity contribution in [1.82, 2.24) is 0 Å². The maximum absolute atomic E-state index is 11.9. The van der Waals surface area contributed by atoms with E-state index in [9.17, 15) is 23.1 Å². The summed E-state index contributed by atoms with van der Waals surface area (Å²) in [5.41, 5.74) is 1.23. The van der Waals surface area contributed by atoms with Crippen molar-refractivity contribution in [3.05, 3.63) is 65.7 Å². The van der Waals surface area contributed by atoms with Crippen LogP contribution in [0, 0.1) is 0 Å². The Hall–Kier alpha value is -2.67. The number of esters is 1. The highest BCUT2D eigenvalue weighted by Crippen LogP contribution is 2.13. The summed E-state index contributed by atoms with van der Waals surface area (Å²) in [5, 5.41) is 10.4. The molecule has 0 radical (unpaired) electrons. The molecule has 0 aliphatic heterocycles. The van der Waals surface area contributed by atoms with Crippen molar-refractivity contribution < 1.29 is 27.9 Å². The summed E-state index contributed by atoms with van der Waals surface area (Å²) < 4.78 is 28.6. The molecule has 0 N–H and O–H groups in total. The Bertz CT molecular complexity index is 810. The lowest BCUT2D eigenvalue weighted by Gasteiger charge is -2.07. The SMILES string of the molecule is O=C([O-])CS(=O)(=O)c1ccc(C(=O)OCCc2ccccc2)cc1. The second kappa shape index (κ2) is 7.74. The highest BCUT2D eigenvalue weighted by atomic mass is 32.2. The van der Waals surface area contributed by atoms with Gasteiger partial charge < -0.3 is 14.6 Å². The van der Waals surface area contributed by atoms with Crippen LogP contribution in [-0.2, 0) is 25.8 Å². The van der Waals surface area contributed by atoms with E-state index in [0.29, 0.717) is 6.42 Å². The summed E-state index contributed by atoms with van der Waals surface area (Å²) in [5.74, 6) is -3.36. The lowest BCUT2D eigenvalue weighted by Crippen LogP contribution is -2.30. The maximum Gasteiger partial charge on any atom is 0.338 e. The molecule has 7 heteroatoms. The summed E-state index contributed by atoms with van der Waals surface area (Å²) >= 11 is 0. The van der Waals surface area contributed by atoms with Crippen molar-refractivity contribution in [2.75, 3.05) is 12.4 Å². The summed E-state index contributed by atoms with van der Waals surface area (Å²) in [6.45, 7) is 0.202. The van der Waals surface area contributed by atoms with Gasteiger partial charge in [-0.1, -0.05) is 30.3 Å². The second-order valence-electron chi connectivity index (χ2n) is 5.03. The van der Waals surface area contributed by atoms with E-state index in [2.05, 4.69) is 0 Å². The summed E-state index contributed by atoms with van der Waals surface area (Å²) in [6.07, 6.45) is 0.574. The van der Waals surface area contributed by atoms with Crippen LogP contribution in [0.15, 0.2) is 59.5 Å². The molecule has 0 bridgehead atoms. The summed E-state index contributed by atoms with van der Waals surface area (Å²) in [4.78, 5) is 22.1. The van der Waals surface area contributed by atoms with Crippen LogP contribution >= 0.6 is 0 Å². The Balaban J connectivity index is 1.95. The van der Waals surface area contributed by atoms with Crippen molar-refractivity contribution in [1.29, 1.82) is 0 Å². The van der Waals surface area contributed by atoms with Crippen molar-refractivity contribution >= 4 is 21.8 Å². The molecule has 0 saturated carbocycles. The third-order valence-electron chi connectivity index (χ3n) is 3.22. The van der Waals surface area contributed by atoms with Crippen LogP contribution in [0.5, 0.6) is 0 Å². The Kier molecular flexibility index (Phi) is 5.70. The average molecular weight is 347 g/mol. The molecule has 0 unspecified atom stereocenters. The smallest absolute Gasteiger partial charge is 0.338 e. The largest absolute Gasteiger partial charge is 0.549 e. The molecule has 0 heterocycles. The molecule has 2 aromatic carbocycles. The molecule has 0 aliphatic carbocycles. The zero-order valence-electron chi connectivity index (χ0n) is 12.7. The van der Waals surface area contributed by atoms with Gasteiger partial charge in [0, 0.05) is 6.42 Å². The van der Waals surface area contributed by atoms with Gasteiger partial charge in [-0.2, -0.15) is 0 Å². The van der Waals surface area contributed by atoms with Gasteiger partial charge >= 0.3 is 5.97 Å². The number of aliphatic carboxylic acids is 1. The molecular weight excluding hydrogens is 332 g/mol. The quantitative estimate of drug-likeness (QED) is 0.680. The van der Waals surface area contributed by atoms with Crippen LogP contribution < -0.4 is 5.11 Å². The number of benzene rings is 2. The minimum absolute atomic E-state index is 0.187. The van der Waals surface area contributed by atoms with Gasteiger partial charge in [-0.25, -0.2) is 13.2 Å². The van der Waals surface area contributed by atoms with Gasteiger partial charge in [-0.3, -0.25) is 0 Å². The normalized spacial score (nSPS) is 11.0. The van der Waals surface area contributed by atoms with Gasteiger partial charge in [0.05, 0.1) is 28.8 Å². The van der Waals surface area contributed by atoms with E-state index in [1.54, 1.807) is 0 Å². The van der Waals surface area contributed by atoms with E-state index in [1.165, 1.54) is 24.3 Å². The molecule has 24 heavy (non-hydrogen) atoms. The fourth-order valence-corrected chi connectivity index (χ4v) is 3.05. The van der Waals surface area contributed by atoms with E-state index in [1.807, 2.05) is 30.3 Å². The van der Waals surface area contributed by atoms with Gasteiger partial charge in [0.2, 0.25) is 0 Å². The second-order valence-corrected chi connectivity index (χ2v) is 7.02. The van der Waals surface area contributed by atoms with Gasteiger partial charge in [0.15, 0.2) is 9.84 Å². The number of carboxylic acid groups (broad SMARTS) is 1. The highest BCUT2D eigenvalue weighted by molar-refractivity contribution is 7.92. The number of hydrogen-bond acceptors (Lipinski definition) is 6. The van der Waals surface area contributed by atoms with Gasteiger partial charge in [0.1, 0.15) is 0 Å². The number of carbonyl (C=O) groups excluding carboxylic acids is 2. The van der Waals surface area contributed by atoms with Gasteiger partial charge in [-0.05, 0) is 29.8 Å². The van der Waals surface area contributed by atoms with Crippen molar-refractivity contribution in [2.24, 2.45) is 0 Å². The van der Waals surface area contributed by atoms with E-state index >= 15 is 0 Å². The number of hydrogen-bond donors (Lipinski definition) is 0. The molecule has 0 spiro atoms. The van der Waals surface area contributed by atoms with Gasteiger partial charge in [0.25, 0.3) is 0 Å². The molecule has 126 valence electrons. The molecule has 6 nitrogen and oxygen atoms in total. The number of carbonyl (C=O) groups is 2. The van der Waals surface area contributed by atoms with Crippen molar-refractivity contribution in [2.45, 2.75) is 11.3 Å². The zero-order valence-corrected chi connectivity index (χ0v) is 13.5. The molecule has 0 amide bonds. The molecule has 0 saturated heterocycles. The van der Waals surface area contributed by atoms with Gasteiger partial charge in [-0.15, -0.1) is 0 Å². The minimum Gasteiger partial charge on any atom is -0.549 e. The van der Waals surface area contributed by atoms with E-state index < -0.39 is 27.5 Å². The predicted molar refractivity (Wildman–Crippen MR) is 83.9 cm³/mol. The maximum atomic E-state index is 11.9. The molecule has 2 rings (SSSR count). The topological polar surface area (TPSA) is 101 Å². The van der Waals surface area contributed by atoms with Crippen molar-refractivity contribution in [3.63, 3.8) is 0 Å². The highest BCUT2D eigenvalue weighted by Gasteiger charge is 2.16. The molecule has 0 fully saturated rings. The summed E-state index contributed by atoms with van der Waals surface area (Å²) in [6, 6.07) is 14.4. The molecule has 0 aromatic heterocycles. The number of rotatable bonds is 7. The Morgan fingerprint density at radius 2 is 1.58 bits per heavy atom. The Labute approximate surface area is 139 Å². The predicted octanol–water partition coefficient (Wildman–Crippen LogP) is 0.610. The number of ether oxygens (including phenoxy) is 1. The first kappa shape index (κ1) is 17.7. The monoisotopic (exact) mass is 347 g/mol. The van der Waals surface area contributed by atoms with Crippen LogP contribution in [0.1, 0.15) is 15.9 Å². The fourth-order valence-electron chi connectivity index (χ4n) is 2.03. The molecule has 0 atom stereocenters. The third kappa shape index (κ3) is 4.92. The first-order valence-electron chi connectivity index (χ1n) is 7.12. The van der Waals surface area contributed by atoms with E-state index in [-0.39, 0.29) is 17.1 Å². The average Bonchev–Trinajstić information content (AvgIpc) is 2.55. The molecular formula is C17H15O6S-. The standard InChI is InChI=1S/C17H16O6S/c18-16(19)12-24(21,22)15-8-6-14(7-9-15)17(20)23-11-10-13-4-2-1-3-5-13/h1-9H,10-12H2,(H,18,19)/p-1. The van der Waals surface area contributed by atoms with Crippen LogP contribution in [0.3, 0.4) is 0 Å². The van der Waals surface area contributed by atoms with Crippen LogP contribution in [0.4, 0.5) is 0 Å². The first-order chi connectivity index (χ1) is 11.4.